The number of aryl methyl sites for hydroxylation is 1. The van der Waals surface area contributed by atoms with Crippen molar-refractivity contribution in [2.45, 2.75) is 6.92 Å². The predicted molar refractivity (Wildman–Crippen MR) is 92.8 cm³/mol. The van der Waals surface area contributed by atoms with Crippen molar-refractivity contribution in [2.24, 2.45) is 0 Å². The van der Waals surface area contributed by atoms with Crippen LogP contribution in [0.2, 0.25) is 0 Å². The number of aliphatic hydroxyl groups is 2. The minimum atomic E-state index is -0.441. The number of pyridine rings is 1. The Hall–Kier alpha value is -3.34. The van der Waals surface area contributed by atoms with E-state index in [0.717, 1.165) is 0 Å². The van der Waals surface area contributed by atoms with Gasteiger partial charge in [0.05, 0.1) is 16.6 Å². The first-order valence-electron chi connectivity index (χ1n) is 7.24. The van der Waals surface area contributed by atoms with Gasteiger partial charge in [0.25, 0.3) is 0 Å². The standard InChI is InChI=1S/C19H15NO4/c1-11-13(9-16(22)12(2)21)6-7-17-18(11)19(23)14(10-24-17)15-5-3-4-8-20-15/h3-10,21-22H,2H2,1H3/b16-9+. The molecule has 5 nitrogen and oxygen atoms in total. The summed E-state index contributed by atoms with van der Waals surface area (Å²) < 4.78 is 5.58. The van der Waals surface area contributed by atoms with Gasteiger partial charge in [-0.2, -0.15) is 0 Å². The molecule has 0 unspecified atom stereocenters. The van der Waals surface area contributed by atoms with Crippen molar-refractivity contribution in [3.05, 3.63) is 82.2 Å². The van der Waals surface area contributed by atoms with Gasteiger partial charge in [-0.15, -0.1) is 0 Å². The van der Waals surface area contributed by atoms with Crippen LogP contribution in [0.15, 0.2) is 70.1 Å². The molecular formula is C19H15NO4. The van der Waals surface area contributed by atoms with Gasteiger partial charge >= 0.3 is 0 Å². The van der Waals surface area contributed by atoms with Crippen molar-refractivity contribution >= 4 is 17.0 Å². The van der Waals surface area contributed by atoms with Crippen molar-refractivity contribution in [1.82, 2.24) is 4.98 Å². The minimum absolute atomic E-state index is 0.204. The Bertz CT molecular complexity index is 1020. The lowest BCUT2D eigenvalue weighted by Gasteiger charge is -2.07. The maximum Gasteiger partial charge on any atom is 0.202 e. The monoisotopic (exact) mass is 321 g/mol. The highest BCUT2D eigenvalue weighted by atomic mass is 16.3. The van der Waals surface area contributed by atoms with Crippen molar-refractivity contribution in [1.29, 1.82) is 0 Å². The topological polar surface area (TPSA) is 83.6 Å². The molecule has 0 amide bonds. The summed E-state index contributed by atoms with van der Waals surface area (Å²) in [5, 5.41) is 19.3. The SMILES string of the molecule is C=C(O)/C(O)=C\c1ccc2occ(-c3ccccn3)c(=O)c2c1C. The van der Waals surface area contributed by atoms with Crippen molar-refractivity contribution in [3.63, 3.8) is 0 Å². The Morgan fingerprint density at radius 1 is 1.25 bits per heavy atom. The third-order valence-electron chi connectivity index (χ3n) is 3.77. The van der Waals surface area contributed by atoms with Gasteiger partial charge in [-0.05, 0) is 42.3 Å². The quantitative estimate of drug-likeness (QED) is 0.559. The molecule has 0 atom stereocenters. The van der Waals surface area contributed by atoms with E-state index in [-0.39, 0.29) is 11.2 Å². The highest BCUT2D eigenvalue weighted by Crippen LogP contribution is 2.24. The van der Waals surface area contributed by atoms with Crippen LogP contribution < -0.4 is 5.43 Å². The average Bonchev–Trinajstić information content (AvgIpc) is 2.58. The fraction of sp³-hybridized carbons (Fsp3) is 0.0526. The van der Waals surface area contributed by atoms with Crippen LogP contribution in [0, 0.1) is 6.92 Å². The largest absolute Gasteiger partial charge is 0.505 e. The van der Waals surface area contributed by atoms with E-state index >= 15 is 0 Å². The van der Waals surface area contributed by atoms with E-state index in [1.807, 2.05) is 0 Å². The van der Waals surface area contributed by atoms with Gasteiger partial charge in [0, 0.05) is 6.20 Å². The zero-order valence-corrected chi connectivity index (χ0v) is 13.0. The molecule has 2 heterocycles. The molecule has 0 saturated heterocycles. The second kappa shape index (κ2) is 6.04. The Morgan fingerprint density at radius 2 is 2.04 bits per heavy atom. The van der Waals surface area contributed by atoms with Crippen molar-refractivity contribution in [3.8, 4) is 11.3 Å². The number of hydrogen-bond donors (Lipinski definition) is 2. The fourth-order valence-corrected chi connectivity index (χ4v) is 2.48. The molecule has 2 N–H and O–H groups in total. The Balaban J connectivity index is 2.27. The maximum atomic E-state index is 12.9. The smallest absolute Gasteiger partial charge is 0.202 e. The number of rotatable bonds is 3. The van der Waals surface area contributed by atoms with Gasteiger partial charge in [-0.25, -0.2) is 0 Å². The molecule has 0 aliphatic rings. The number of fused-ring (bicyclic) bond motifs is 1. The maximum absolute atomic E-state index is 12.9. The van der Waals surface area contributed by atoms with Crippen LogP contribution in [0.1, 0.15) is 11.1 Å². The summed E-state index contributed by atoms with van der Waals surface area (Å²) in [6.45, 7) is 5.01. The number of aliphatic hydroxyl groups excluding tert-OH is 2. The summed E-state index contributed by atoms with van der Waals surface area (Å²) in [6.07, 6.45) is 4.36. The molecule has 0 aliphatic carbocycles. The second-order valence-corrected chi connectivity index (χ2v) is 5.32. The lowest BCUT2D eigenvalue weighted by Crippen LogP contribution is -2.07. The van der Waals surface area contributed by atoms with E-state index in [1.54, 1.807) is 43.5 Å². The van der Waals surface area contributed by atoms with Crippen LogP contribution >= 0.6 is 0 Å². The molecule has 24 heavy (non-hydrogen) atoms. The molecule has 5 heteroatoms. The van der Waals surface area contributed by atoms with Gasteiger partial charge in [0.15, 0.2) is 5.76 Å². The van der Waals surface area contributed by atoms with Crippen LogP contribution in [0.4, 0.5) is 0 Å². The number of hydrogen-bond acceptors (Lipinski definition) is 5. The van der Waals surface area contributed by atoms with Gasteiger partial charge < -0.3 is 14.6 Å². The Labute approximate surface area is 137 Å². The predicted octanol–water partition coefficient (Wildman–Crippen LogP) is 4.13. The van der Waals surface area contributed by atoms with E-state index in [2.05, 4.69) is 11.6 Å². The van der Waals surface area contributed by atoms with E-state index in [0.29, 0.717) is 33.4 Å². The number of nitrogens with zero attached hydrogens (tertiary/aromatic N) is 1. The second-order valence-electron chi connectivity index (χ2n) is 5.32. The molecule has 0 spiro atoms. The van der Waals surface area contributed by atoms with E-state index in [9.17, 15) is 15.0 Å². The van der Waals surface area contributed by atoms with Gasteiger partial charge in [0.1, 0.15) is 17.6 Å². The first-order valence-corrected chi connectivity index (χ1v) is 7.24. The van der Waals surface area contributed by atoms with Crippen LogP contribution in [-0.4, -0.2) is 15.2 Å². The summed E-state index contributed by atoms with van der Waals surface area (Å²) in [5.74, 6) is -0.800. The third kappa shape index (κ3) is 2.67. The summed E-state index contributed by atoms with van der Waals surface area (Å²) in [6, 6.07) is 8.64. The van der Waals surface area contributed by atoms with Crippen molar-refractivity contribution in [2.75, 3.05) is 0 Å². The first kappa shape index (κ1) is 15.6. The van der Waals surface area contributed by atoms with Crippen molar-refractivity contribution < 1.29 is 14.6 Å². The highest BCUT2D eigenvalue weighted by molar-refractivity contribution is 5.87. The molecule has 0 saturated carbocycles. The summed E-state index contributed by atoms with van der Waals surface area (Å²) in [4.78, 5) is 17.1. The van der Waals surface area contributed by atoms with E-state index < -0.39 is 5.76 Å². The van der Waals surface area contributed by atoms with E-state index in [4.69, 9.17) is 4.42 Å². The zero-order valence-electron chi connectivity index (χ0n) is 13.0. The zero-order chi connectivity index (χ0) is 17.3. The lowest BCUT2D eigenvalue weighted by molar-refractivity contribution is 0.332. The molecule has 2 aromatic heterocycles. The van der Waals surface area contributed by atoms with Crippen LogP contribution in [0.3, 0.4) is 0 Å². The van der Waals surface area contributed by atoms with E-state index in [1.165, 1.54) is 12.3 Å². The summed E-state index contributed by atoms with van der Waals surface area (Å²) in [7, 11) is 0. The molecule has 0 fully saturated rings. The summed E-state index contributed by atoms with van der Waals surface area (Å²) >= 11 is 0. The molecular weight excluding hydrogens is 306 g/mol. The van der Waals surface area contributed by atoms with Gasteiger partial charge in [0.2, 0.25) is 5.43 Å². The normalized spacial score (nSPS) is 11.6. The average molecular weight is 321 g/mol. The van der Waals surface area contributed by atoms with Gasteiger partial charge in [-0.1, -0.05) is 18.7 Å². The molecule has 0 aliphatic heterocycles. The Morgan fingerprint density at radius 3 is 2.71 bits per heavy atom. The fourth-order valence-electron chi connectivity index (χ4n) is 2.48. The first-order chi connectivity index (χ1) is 11.5. The van der Waals surface area contributed by atoms with Crippen LogP contribution in [0.25, 0.3) is 28.3 Å². The number of aromatic nitrogens is 1. The molecule has 3 rings (SSSR count). The van der Waals surface area contributed by atoms with Crippen LogP contribution in [-0.2, 0) is 0 Å². The molecule has 120 valence electrons. The van der Waals surface area contributed by atoms with Gasteiger partial charge in [-0.3, -0.25) is 9.78 Å². The molecule has 0 bridgehead atoms. The lowest BCUT2D eigenvalue weighted by atomic mass is 10.0. The minimum Gasteiger partial charge on any atom is -0.505 e. The number of benzene rings is 1. The third-order valence-corrected chi connectivity index (χ3v) is 3.77. The molecule has 1 aromatic carbocycles. The summed E-state index contributed by atoms with van der Waals surface area (Å²) in [5.41, 5.74) is 2.34. The highest BCUT2D eigenvalue weighted by Gasteiger charge is 2.14. The van der Waals surface area contributed by atoms with Crippen LogP contribution in [0.5, 0.6) is 0 Å². The molecule has 3 aromatic rings. The molecule has 0 radical (unpaired) electrons. The Kier molecular flexibility index (Phi) is 3.92.